The highest BCUT2D eigenvalue weighted by Crippen LogP contribution is 2.37. The van der Waals surface area contributed by atoms with Crippen molar-refractivity contribution in [1.29, 1.82) is 0 Å². The Kier molecular flexibility index (Phi) is 8.55. The summed E-state index contributed by atoms with van der Waals surface area (Å²) in [7, 11) is 2.14. The third-order valence-corrected chi connectivity index (χ3v) is 9.39. The average molecular weight is 582 g/mol. The van der Waals surface area contributed by atoms with E-state index in [0.29, 0.717) is 18.5 Å². The predicted octanol–water partition coefficient (Wildman–Crippen LogP) is 3.55. The summed E-state index contributed by atoms with van der Waals surface area (Å²) in [6.45, 7) is 14.8. The summed E-state index contributed by atoms with van der Waals surface area (Å²) in [5.74, 6) is -0.200. The molecule has 1 aromatic carbocycles. The molecule has 222 valence electrons. The van der Waals surface area contributed by atoms with Crippen LogP contribution in [0.1, 0.15) is 51.4 Å². The van der Waals surface area contributed by atoms with E-state index in [1.54, 1.807) is 28.4 Å². The van der Waals surface area contributed by atoms with Crippen LogP contribution in [-0.4, -0.2) is 96.9 Å². The number of thiazole rings is 1. The van der Waals surface area contributed by atoms with E-state index in [1.165, 1.54) is 0 Å². The summed E-state index contributed by atoms with van der Waals surface area (Å²) in [4.78, 5) is 51.2. The van der Waals surface area contributed by atoms with Gasteiger partial charge in [0.2, 0.25) is 5.91 Å². The highest BCUT2D eigenvalue weighted by atomic mass is 32.1. The number of ketones is 1. The fourth-order valence-corrected chi connectivity index (χ4v) is 6.98. The van der Waals surface area contributed by atoms with Crippen molar-refractivity contribution in [3.05, 3.63) is 35.2 Å². The van der Waals surface area contributed by atoms with Crippen molar-refractivity contribution in [3.63, 3.8) is 0 Å². The largest absolute Gasteiger partial charge is 0.367 e. The number of carbonyl (C=O) groups excluding carboxylic acids is 3. The minimum Gasteiger partial charge on any atom is -0.367 e. The van der Waals surface area contributed by atoms with E-state index < -0.39 is 12.1 Å². The number of likely N-dealkylation sites (tertiary alicyclic amines) is 1. The lowest BCUT2D eigenvalue weighted by molar-refractivity contribution is -0.138. The second-order valence-electron chi connectivity index (χ2n) is 13.3. The number of Topliss-reactive ketones (excluding diaryl/α,β-unsaturated/α-hetero) is 1. The number of rotatable bonds is 7. The van der Waals surface area contributed by atoms with Gasteiger partial charge in [0.25, 0.3) is 5.91 Å². The minimum atomic E-state index is -0.744. The van der Waals surface area contributed by atoms with Crippen molar-refractivity contribution < 1.29 is 19.1 Å². The van der Waals surface area contributed by atoms with Gasteiger partial charge in [-0.25, -0.2) is 4.98 Å². The van der Waals surface area contributed by atoms with Gasteiger partial charge in [0.1, 0.15) is 18.7 Å². The van der Waals surface area contributed by atoms with Crippen LogP contribution in [0.3, 0.4) is 0 Å². The maximum Gasteiger partial charge on any atom is 0.251 e. The van der Waals surface area contributed by atoms with Gasteiger partial charge in [0.05, 0.1) is 11.8 Å². The van der Waals surface area contributed by atoms with Crippen LogP contribution in [0.25, 0.3) is 11.3 Å². The molecule has 5 rings (SSSR count). The smallest absolute Gasteiger partial charge is 0.251 e. The zero-order valence-corrected chi connectivity index (χ0v) is 25.9. The van der Waals surface area contributed by atoms with Crippen molar-refractivity contribution in [1.82, 2.24) is 20.1 Å². The van der Waals surface area contributed by atoms with E-state index in [1.807, 2.05) is 32.9 Å². The molecule has 4 heterocycles. The minimum absolute atomic E-state index is 0.0425. The molecule has 2 amide bonds. The number of amides is 2. The zero-order valence-electron chi connectivity index (χ0n) is 25.1. The number of piperazine rings is 1. The van der Waals surface area contributed by atoms with Gasteiger partial charge in [-0.15, -0.1) is 11.3 Å². The molecule has 3 saturated heterocycles. The Morgan fingerprint density at radius 1 is 1.12 bits per heavy atom. The molecule has 10 heteroatoms. The van der Waals surface area contributed by atoms with Crippen LogP contribution in [0.5, 0.6) is 0 Å². The van der Waals surface area contributed by atoms with Gasteiger partial charge in [-0.3, -0.25) is 14.4 Å². The number of carbonyl (C=O) groups is 3. The molecule has 3 aliphatic heterocycles. The maximum absolute atomic E-state index is 13.9. The first kappa shape index (κ1) is 29.7. The van der Waals surface area contributed by atoms with Crippen LogP contribution in [0.2, 0.25) is 0 Å². The number of hydrogen-bond donors (Lipinski definition) is 1. The van der Waals surface area contributed by atoms with Crippen molar-refractivity contribution in [2.24, 2.45) is 17.3 Å². The molecule has 0 spiro atoms. The highest BCUT2D eigenvalue weighted by molar-refractivity contribution is 7.14. The van der Waals surface area contributed by atoms with Gasteiger partial charge in [0.15, 0.2) is 10.9 Å². The molecule has 0 aliphatic carbocycles. The molecule has 3 aliphatic rings. The van der Waals surface area contributed by atoms with Crippen molar-refractivity contribution in [2.45, 2.75) is 59.2 Å². The molecule has 2 aromatic rings. The SMILES string of the molecule is CC(C)[C@@H]1CN(C(=O)[C@H](CC(C)(C)C)NC(=O)c2ccc(-c3csc(N4CCN(C)CC4)n3)cc2)[C@@H]2C(=O)CO[C@@H]21. The van der Waals surface area contributed by atoms with Crippen LogP contribution >= 0.6 is 11.3 Å². The van der Waals surface area contributed by atoms with Crippen LogP contribution < -0.4 is 10.2 Å². The number of fused-ring (bicyclic) bond motifs is 1. The molecule has 0 bridgehead atoms. The number of nitrogens with one attached hydrogen (secondary N) is 1. The highest BCUT2D eigenvalue weighted by Gasteiger charge is 2.53. The second kappa shape index (κ2) is 11.8. The fraction of sp³-hybridized carbons (Fsp3) is 0.613. The van der Waals surface area contributed by atoms with E-state index in [4.69, 9.17) is 9.72 Å². The summed E-state index contributed by atoms with van der Waals surface area (Å²) in [6, 6.07) is 6.07. The first-order valence-corrected chi connectivity index (χ1v) is 15.5. The Hall–Kier alpha value is -2.82. The number of anilines is 1. The molecule has 3 fully saturated rings. The molecule has 0 unspecified atom stereocenters. The number of ether oxygens (including phenoxy) is 1. The van der Waals surface area contributed by atoms with Crippen LogP contribution in [0.15, 0.2) is 29.6 Å². The number of nitrogens with zero attached hydrogens (tertiary/aromatic N) is 4. The Morgan fingerprint density at radius 2 is 1.80 bits per heavy atom. The van der Waals surface area contributed by atoms with Crippen molar-refractivity contribution in [3.8, 4) is 11.3 Å². The topological polar surface area (TPSA) is 95.1 Å². The quantitative estimate of drug-likeness (QED) is 0.535. The Balaban J connectivity index is 1.29. The molecule has 0 radical (unpaired) electrons. The molecular formula is C31H43N5O4S. The fourth-order valence-electron chi connectivity index (χ4n) is 6.10. The molecule has 1 aromatic heterocycles. The number of benzene rings is 1. The maximum atomic E-state index is 13.9. The van der Waals surface area contributed by atoms with Crippen LogP contribution in [0.4, 0.5) is 5.13 Å². The standard InChI is InChI=1S/C31H43N5O4S/c1-19(2)22-16-36(26-25(37)17-40-27(22)26)29(39)23(15-31(3,4)5)32-28(38)21-9-7-20(8-10-21)24-18-41-30(33-24)35-13-11-34(6)12-14-35/h7-10,18-19,22-23,26-27H,11-17H2,1-6H3,(H,32,38)/t22-,23-,26+,27+/m0/s1. The third kappa shape index (κ3) is 6.49. The number of likely N-dealkylation sites (N-methyl/N-ethyl adjacent to an activating group) is 1. The summed E-state index contributed by atoms with van der Waals surface area (Å²) in [5, 5.41) is 6.09. The first-order chi connectivity index (χ1) is 19.4. The van der Waals surface area contributed by atoms with Gasteiger partial charge in [0, 0.05) is 55.1 Å². The van der Waals surface area contributed by atoms with E-state index in [-0.39, 0.29) is 47.6 Å². The third-order valence-electron chi connectivity index (χ3n) is 8.49. The monoisotopic (exact) mass is 581 g/mol. The van der Waals surface area contributed by atoms with Gasteiger partial charge >= 0.3 is 0 Å². The zero-order chi connectivity index (χ0) is 29.5. The lowest BCUT2D eigenvalue weighted by Crippen LogP contribution is -2.53. The van der Waals surface area contributed by atoms with Gasteiger partial charge in [-0.05, 0) is 36.9 Å². The molecule has 41 heavy (non-hydrogen) atoms. The lowest BCUT2D eigenvalue weighted by atomic mass is 9.87. The molecule has 9 nitrogen and oxygen atoms in total. The Bertz CT molecular complexity index is 1260. The average Bonchev–Trinajstić information content (AvgIpc) is 3.65. The van der Waals surface area contributed by atoms with Gasteiger partial charge in [-0.1, -0.05) is 46.8 Å². The van der Waals surface area contributed by atoms with E-state index in [9.17, 15) is 14.4 Å². The Labute approximate surface area is 247 Å². The van der Waals surface area contributed by atoms with E-state index >= 15 is 0 Å². The van der Waals surface area contributed by atoms with Gasteiger partial charge in [-0.2, -0.15) is 0 Å². The summed E-state index contributed by atoms with van der Waals surface area (Å²) < 4.78 is 5.82. The molecule has 0 saturated carbocycles. The summed E-state index contributed by atoms with van der Waals surface area (Å²) >= 11 is 1.64. The van der Waals surface area contributed by atoms with Crippen molar-refractivity contribution in [2.75, 3.05) is 51.3 Å². The van der Waals surface area contributed by atoms with Gasteiger partial charge < -0.3 is 24.8 Å². The van der Waals surface area contributed by atoms with Crippen LogP contribution in [-0.2, 0) is 14.3 Å². The Morgan fingerprint density at radius 3 is 2.44 bits per heavy atom. The van der Waals surface area contributed by atoms with E-state index in [2.05, 4.69) is 41.4 Å². The summed E-state index contributed by atoms with van der Waals surface area (Å²) in [6.07, 6.45) is 0.186. The summed E-state index contributed by atoms with van der Waals surface area (Å²) in [5.41, 5.74) is 2.11. The lowest BCUT2D eigenvalue weighted by Gasteiger charge is -2.32. The second-order valence-corrected chi connectivity index (χ2v) is 14.1. The number of hydrogen-bond acceptors (Lipinski definition) is 8. The van der Waals surface area contributed by atoms with Crippen molar-refractivity contribution >= 4 is 34.1 Å². The molecule has 1 N–H and O–H groups in total. The first-order valence-electron chi connectivity index (χ1n) is 14.7. The predicted molar refractivity (Wildman–Crippen MR) is 161 cm³/mol. The van der Waals surface area contributed by atoms with E-state index in [0.717, 1.165) is 42.6 Å². The normalized spacial score (nSPS) is 24.2. The molecular weight excluding hydrogens is 538 g/mol. The number of aromatic nitrogens is 1. The van der Waals surface area contributed by atoms with Crippen LogP contribution in [0, 0.1) is 17.3 Å². The molecule has 4 atom stereocenters.